The van der Waals surface area contributed by atoms with Gasteiger partial charge in [-0.25, -0.2) is 4.39 Å². The summed E-state index contributed by atoms with van der Waals surface area (Å²) in [5.74, 6) is 0.403. The Hall–Kier alpha value is -0.600. The second kappa shape index (κ2) is 3.87. The molecule has 0 unspecified atom stereocenters. The van der Waals surface area contributed by atoms with Crippen LogP contribution in [0.4, 0.5) is 4.39 Å². The molecule has 0 amide bonds. The van der Waals surface area contributed by atoms with Gasteiger partial charge in [-0.3, -0.25) is 0 Å². The Bertz CT molecular complexity index is 260. The molecule has 1 nitrogen and oxygen atoms in total. The second-order valence-electron chi connectivity index (χ2n) is 2.91. The maximum absolute atomic E-state index is 12.7. The van der Waals surface area contributed by atoms with Crippen molar-refractivity contribution < 1.29 is 4.39 Å². The van der Waals surface area contributed by atoms with Crippen molar-refractivity contribution in [1.82, 2.24) is 5.32 Å². The van der Waals surface area contributed by atoms with Crippen molar-refractivity contribution in [3.8, 4) is 0 Å². The molecule has 0 radical (unpaired) electrons. The van der Waals surface area contributed by atoms with Gasteiger partial charge in [-0.1, -0.05) is 12.1 Å². The SMILES string of the molecule is Cl.Fc1cccc(C2CNC2)c1. The molecule has 66 valence electrons. The quantitative estimate of drug-likeness (QED) is 0.709. The average Bonchev–Trinajstić information content (AvgIpc) is 1.83. The zero-order valence-corrected chi connectivity index (χ0v) is 7.40. The van der Waals surface area contributed by atoms with Crippen LogP contribution in [0.25, 0.3) is 0 Å². The fraction of sp³-hybridized carbons (Fsp3) is 0.333. The van der Waals surface area contributed by atoms with E-state index in [-0.39, 0.29) is 18.2 Å². The maximum Gasteiger partial charge on any atom is 0.123 e. The van der Waals surface area contributed by atoms with Crippen molar-refractivity contribution in [2.24, 2.45) is 0 Å². The fourth-order valence-electron chi connectivity index (χ4n) is 1.28. The van der Waals surface area contributed by atoms with Crippen molar-refractivity contribution in [3.63, 3.8) is 0 Å². The minimum atomic E-state index is -0.130. The van der Waals surface area contributed by atoms with Gasteiger partial charge in [0.1, 0.15) is 5.82 Å². The molecule has 1 saturated heterocycles. The van der Waals surface area contributed by atoms with Crippen LogP contribution in [0.2, 0.25) is 0 Å². The lowest BCUT2D eigenvalue weighted by Crippen LogP contribution is -2.39. The van der Waals surface area contributed by atoms with Crippen molar-refractivity contribution in [2.75, 3.05) is 13.1 Å². The second-order valence-corrected chi connectivity index (χ2v) is 2.91. The van der Waals surface area contributed by atoms with E-state index in [0.29, 0.717) is 5.92 Å². The van der Waals surface area contributed by atoms with Gasteiger partial charge in [-0.05, 0) is 17.7 Å². The van der Waals surface area contributed by atoms with Crippen LogP contribution in [0.5, 0.6) is 0 Å². The first-order chi connectivity index (χ1) is 5.36. The number of hydrogen-bond acceptors (Lipinski definition) is 1. The van der Waals surface area contributed by atoms with Crippen LogP contribution in [0.3, 0.4) is 0 Å². The lowest BCUT2D eigenvalue weighted by Gasteiger charge is -2.27. The highest BCUT2D eigenvalue weighted by Gasteiger charge is 2.18. The van der Waals surface area contributed by atoms with Crippen molar-refractivity contribution >= 4 is 12.4 Å². The molecule has 0 spiro atoms. The summed E-state index contributed by atoms with van der Waals surface area (Å²) in [5, 5.41) is 3.16. The van der Waals surface area contributed by atoms with Gasteiger partial charge >= 0.3 is 0 Å². The molecule has 1 N–H and O–H groups in total. The lowest BCUT2D eigenvalue weighted by molar-refractivity contribution is 0.446. The number of benzene rings is 1. The molecule has 1 aromatic rings. The largest absolute Gasteiger partial charge is 0.315 e. The van der Waals surface area contributed by atoms with Crippen LogP contribution >= 0.6 is 12.4 Å². The molecule has 0 aromatic heterocycles. The highest BCUT2D eigenvalue weighted by molar-refractivity contribution is 5.85. The standard InChI is InChI=1S/C9H10FN.ClH/c10-9-3-1-2-7(4-9)8-5-11-6-8;/h1-4,8,11H,5-6H2;1H. The number of rotatable bonds is 1. The van der Waals surface area contributed by atoms with Gasteiger partial charge in [-0.2, -0.15) is 0 Å². The van der Waals surface area contributed by atoms with Crippen LogP contribution in [-0.2, 0) is 0 Å². The van der Waals surface area contributed by atoms with Crippen LogP contribution in [0, 0.1) is 5.82 Å². The molecule has 1 aliphatic heterocycles. The summed E-state index contributed by atoms with van der Waals surface area (Å²) in [7, 11) is 0. The topological polar surface area (TPSA) is 12.0 Å². The third-order valence-corrected chi connectivity index (χ3v) is 2.10. The number of halogens is 2. The summed E-state index contributed by atoms with van der Waals surface area (Å²) in [6.45, 7) is 1.98. The first-order valence-corrected chi connectivity index (χ1v) is 3.82. The van der Waals surface area contributed by atoms with Gasteiger partial charge in [0.25, 0.3) is 0 Å². The van der Waals surface area contributed by atoms with E-state index >= 15 is 0 Å². The Morgan fingerprint density at radius 1 is 1.33 bits per heavy atom. The summed E-state index contributed by atoms with van der Waals surface area (Å²) in [5.41, 5.74) is 1.11. The molecule has 0 saturated carbocycles. The van der Waals surface area contributed by atoms with E-state index in [1.165, 1.54) is 6.07 Å². The van der Waals surface area contributed by atoms with E-state index in [2.05, 4.69) is 5.32 Å². The van der Waals surface area contributed by atoms with Crippen LogP contribution in [0.1, 0.15) is 11.5 Å². The molecule has 3 heteroatoms. The van der Waals surface area contributed by atoms with E-state index in [0.717, 1.165) is 18.7 Å². The van der Waals surface area contributed by atoms with Crippen LogP contribution in [0.15, 0.2) is 24.3 Å². The van der Waals surface area contributed by atoms with Gasteiger partial charge in [0.05, 0.1) is 0 Å². The molecular formula is C9H11ClFN. The first kappa shape index (κ1) is 9.49. The Morgan fingerprint density at radius 2 is 2.08 bits per heavy atom. The smallest absolute Gasteiger partial charge is 0.123 e. The summed E-state index contributed by atoms with van der Waals surface area (Å²) < 4.78 is 12.7. The predicted octanol–water partition coefficient (Wildman–Crippen LogP) is 1.93. The Labute approximate surface area is 77.4 Å². The minimum absolute atomic E-state index is 0. The van der Waals surface area contributed by atoms with Gasteiger partial charge < -0.3 is 5.32 Å². The maximum atomic E-state index is 12.7. The minimum Gasteiger partial charge on any atom is -0.315 e. The molecule has 12 heavy (non-hydrogen) atoms. The molecular weight excluding hydrogens is 177 g/mol. The summed E-state index contributed by atoms with van der Waals surface area (Å²) in [6.07, 6.45) is 0. The van der Waals surface area contributed by atoms with E-state index in [4.69, 9.17) is 0 Å². The normalized spacial score (nSPS) is 16.4. The lowest BCUT2D eigenvalue weighted by atomic mass is 9.94. The molecule has 1 fully saturated rings. The van der Waals surface area contributed by atoms with Gasteiger partial charge in [0.15, 0.2) is 0 Å². The molecule has 2 rings (SSSR count). The Balaban J connectivity index is 0.000000720. The van der Waals surface area contributed by atoms with E-state index in [1.807, 2.05) is 6.07 Å². The summed E-state index contributed by atoms with van der Waals surface area (Å²) in [4.78, 5) is 0. The summed E-state index contributed by atoms with van der Waals surface area (Å²) in [6, 6.07) is 6.85. The monoisotopic (exact) mass is 187 g/mol. The van der Waals surface area contributed by atoms with Crippen LogP contribution < -0.4 is 5.32 Å². The van der Waals surface area contributed by atoms with Gasteiger partial charge in [0.2, 0.25) is 0 Å². The fourth-order valence-corrected chi connectivity index (χ4v) is 1.28. The van der Waals surface area contributed by atoms with Crippen molar-refractivity contribution in [1.29, 1.82) is 0 Å². The Kier molecular flexibility index (Phi) is 3.06. The molecule has 1 heterocycles. The van der Waals surface area contributed by atoms with Gasteiger partial charge in [0, 0.05) is 19.0 Å². The third-order valence-electron chi connectivity index (χ3n) is 2.10. The Morgan fingerprint density at radius 3 is 2.58 bits per heavy atom. The van der Waals surface area contributed by atoms with Crippen molar-refractivity contribution in [2.45, 2.75) is 5.92 Å². The predicted molar refractivity (Wildman–Crippen MR) is 49.3 cm³/mol. The van der Waals surface area contributed by atoms with E-state index < -0.39 is 0 Å². The van der Waals surface area contributed by atoms with E-state index in [9.17, 15) is 4.39 Å². The zero-order valence-electron chi connectivity index (χ0n) is 6.59. The molecule has 0 bridgehead atoms. The van der Waals surface area contributed by atoms with E-state index in [1.54, 1.807) is 12.1 Å². The molecule has 0 aliphatic carbocycles. The van der Waals surface area contributed by atoms with Crippen LogP contribution in [-0.4, -0.2) is 13.1 Å². The molecule has 1 aromatic carbocycles. The number of hydrogen-bond donors (Lipinski definition) is 1. The third kappa shape index (κ3) is 1.76. The summed E-state index contributed by atoms with van der Waals surface area (Å²) >= 11 is 0. The zero-order chi connectivity index (χ0) is 7.68. The number of nitrogens with one attached hydrogen (secondary N) is 1. The van der Waals surface area contributed by atoms with Gasteiger partial charge in [-0.15, -0.1) is 12.4 Å². The molecule has 1 aliphatic rings. The highest BCUT2D eigenvalue weighted by Crippen LogP contribution is 2.19. The van der Waals surface area contributed by atoms with Crippen molar-refractivity contribution in [3.05, 3.63) is 35.6 Å². The highest BCUT2D eigenvalue weighted by atomic mass is 35.5. The average molecular weight is 188 g/mol. The first-order valence-electron chi connectivity index (χ1n) is 3.82. The molecule has 0 atom stereocenters.